The summed E-state index contributed by atoms with van der Waals surface area (Å²) in [6, 6.07) is 7.58. The van der Waals surface area contributed by atoms with E-state index in [0.29, 0.717) is 23.6 Å². The zero-order valence-corrected chi connectivity index (χ0v) is 14.6. The first-order valence-corrected chi connectivity index (χ1v) is 8.01. The number of fused-ring (bicyclic) bond motifs is 1. The van der Waals surface area contributed by atoms with Gasteiger partial charge in [-0.15, -0.1) is 0 Å². The Morgan fingerprint density at radius 2 is 1.84 bits per heavy atom. The van der Waals surface area contributed by atoms with Crippen molar-refractivity contribution in [2.75, 3.05) is 27.8 Å². The van der Waals surface area contributed by atoms with Gasteiger partial charge in [0.15, 0.2) is 11.5 Å². The molecule has 130 valence electrons. The molecular weight excluding hydrogens is 318 g/mol. The lowest BCUT2D eigenvalue weighted by atomic mass is 10.1. The minimum absolute atomic E-state index is 0.0347. The molecule has 0 radical (unpaired) electrons. The molecule has 1 amide bonds. The smallest absolute Gasteiger partial charge is 0.255 e. The van der Waals surface area contributed by atoms with Gasteiger partial charge < -0.3 is 19.4 Å². The first-order valence-electron chi connectivity index (χ1n) is 8.01. The molecule has 0 aliphatic rings. The molecule has 0 spiro atoms. The summed E-state index contributed by atoms with van der Waals surface area (Å²) >= 11 is 0. The molecule has 0 unspecified atom stereocenters. The minimum atomic E-state index is -0.0347. The Bertz CT molecular complexity index is 874. The maximum absolute atomic E-state index is 12.8. The van der Waals surface area contributed by atoms with Crippen molar-refractivity contribution in [3.63, 3.8) is 0 Å². The molecule has 25 heavy (non-hydrogen) atoms. The Kier molecular flexibility index (Phi) is 4.88. The van der Waals surface area contributed by atoms with E-state index in [-0.39, 0.29) is 5.91 Å². The van der Waals surface area contributed by atoms with Crippen LogP contribution in [0.1, 0.15) is 15.9 Å². The van der Waals surface area contributed by atoms with Gasteiger partial charge in [-0.1, -0.05) is 0 Å². The fraction of sp³-hybridized carbons (Fsp3) is 0.263. The van der Waals surface area contributed by atoms with Gasteiger partial charge in [0.1, 0.15) is 0 Å². The standard InChI is InChI=1S/C19H21N3O3/c1-22(9-6-13-4-7-20-8-5-13)19(23)15-12-21-16-11-18(25-3)17(24-2)10-14(15)16/h4-5,7-8,10-12,21H,6,9H2,1-3H3. The number of hydrogen-bond donors (Lipinski definition) is 1. The third kappa shape index (κ3) is 3.42. The number of rotatable bonds is 6. The normalized spacial score (nSPS) is 10.7. The number of aromatic amines is 1. The Balaban J connectivity index is 1.81. The summed E-state index contributed by atoms with van der Waals surface area (Å²) in [6.07, 6.45) is 6.03. The van der Waals surface area contributed by atoms with E-state index in [4.69, 9.17) is 9.47 Å². The number of methoxy groups -OCH3 is 2. The van der Waals surface area contributed by atoms with Crippen LogP contribution in [0, 0.1) is 0 Å². The molecule has 3 aromatic rings. The lowest BCUT2D eigenvalue weighted by Crippen LogP contribution is -2.28. The maximum atomic E-state index is 12.8. The second kappa shape index (κ2) is 7.25. The van der Waals surface area contributed by atoms with Crippen molar-refractivity contribution in [3.8, 4) is 11.5 Å². The van der Waals surface area contributed by atoms with Gasteiger partial charge in [0.05, 0.1) is 25.3 Å². The highest BCUT2D eigenvalue weighted by Crippen LogP contribution is 2.33. The SMILES string of the molecule is COc1cc2[nH]cc(C(=O)N(C)CCc3ccncc3)c2cc1OC. The van der Waals surface area contributed by atoms with Gasteiger partial charge in [-0.05, 0) is 30.2 Å². The lowest BCUT2D eigenvalue weighted by molar-refractivity contribution is 0.0798. The van der Waals surface area contributed by atoms with E-state index in [1.165, 1.54) is 0 Å². The van der Waals surface area contributed by atoms with E-state index in [1.54, 1.807) is 37.7 Å². The molecule has 6 nitrogen and oxygen atoms in total. The Morgan fingerprint density at radius 1 is 1.16 bits per heavy atom. The predicted octanol–water partition coefficient (Wildman–Crippen LogP) is 2.89. The van der Waals surface area contributed by atoms with Crippen LogP contribution < -0.4 is 9.47 Å². The summed E-state index contributed by atoms with van der Waals surface area (Å²) < 4.78 is 10.6. The molecule has 1 N–H and O–H groups in total. The van der Waals surface area contributed by atoms with Gasteiger partial charge in [-0.25, -0.2) is 0 Å². The first kappa shape index (κ1) is 16.8. The fourth-order valence-corrected chi connectivity index (χ4v) is 2.78. The number of pyridine rings is 1. The van der Waals surface area contributed by atoms with Crippen molar-refractivity contribution < 1.29 is 14.3 Å². The van der Waals surface area contributed by atoms with Crippen LogP contribution >= 0.6 is 0 Å². The number of ether oxygens (including phenoxy) is 2. The molecule has 0 aliphatic heterocycles. The van der Waals surface area contributed by atoms with Gasteiger partial charge in [-0.2, -0.15) is 0 Å². The van der Waals surface area contributed by atoms with E-state index < -0.39 is 0 Å². The molecular formula is C19H21N3O3. The number of carbonyl (C=O) groups is 1. The van der Waals surface area contributed by atoms with Gasteiger partial charge in [-0.3, -0.25) is 9.78 Å². The van der Waals surface area contributed by atoms with Gasteiger partial charge >= 0.3 is 0 Å². The minimum Gasteiger partial charge on any atom is -0.493 e. The summed E-state index contributed by atoms with van der Waals surface area (Å²) in [6.45, 7) is 0.628. The number of H-pyrrole nitrogens is 1. The molecule has 0 saturated heterocycles. The second-order valence-corrected chi connectivity index (χ2v) is 5.79. The number of hydrogen-bond acceptors (Lipinski definition) is 4. The molecule has 0 aliphatic carbocycles. The van der Waals surface area contributed by atoms with E-state index in [1.807, 2.05) is 31.3 Å². The quantitative estimate of drug-likeness (QED) is 0.750. The highest BCUT2D eigenvalue weighted by molar-refractivity contribution is 6.07. The molecule has 0 atom stereocenters. The Morgan fingerprint density at radius 3 is 2.52 bits per heavy atom. The van der Waals surface area contributed by atoms with E-state index >= 15 is 0 Å². The molecule has 0 bridgehead atoms. The number of benzene rings is 1. The van der Waals surface area contributed by atoms with Crippen LogP contribution in [-0.2, 0) is 6.42 Å². The second-order valence-electron chi connectivity index (χ2n) is 5.79. The zero-order chi connectivity index (χ0) is 17.8. The average Bonchev–Trinajstić information content (AvgIpc) is 3.07. The molecule has 0 saturated carbocycles. The van der Waals surface area contributed by atoms with E-state index in [9.17, 15) is 4.79 Å². The van der Waals surface area contributed by atoms with Crippen molar-refractivity contribution in [1.29, 1.82) is 0 Å². The van der Waals surface area contributed by atoms with Crippen LogP contribution in [0.15, 0.2) is 42.9 Å². The molecule has 2 aromatic heterocycles. The monoisotopic (exact) mass is 339 g/mol. The molecule has 2 heterocycles. The topological polar surface area (TPSA) is 67.5 Å². The van der Waals surface area contributed by atoms with Crippen LogP contribution in [-0.4, -0.2) is 48.6 Å². The van der Waals surface area contributed by atoms with Crippen molar-refractivity contribution in [2.24, 2.45) is 0 Å². The summed E-state index contributed by atoms with van der Waals surface area (Å²) in [5.41, 5.74) is 2.61. The van der Waals surface area contributed by atoms with Gasteiger partial charge in [0, 0.05) is 43.6 Å². The van der Waals surface area contributed by atoms with Crippen LogP contribution in [0.4, 0.5) is 0 Å². The molecule has 0 fully saturated rings. The van der Waals surface area contributed by atoms with Gasteiger partial charge in [0.25, 0.3) is 5.91 Å². The molecule has 1 aromatic carbocycles. The Labute approximate surface area is 146 Å². The molecule has 3 rings (SSSR count). The van der Waals surface area contributed by atoms with Crippen molar-refractivity contribution in [2.45, 2.75) is 6.42 Å². The zero-order valence-electron chi connectivity index (χ0n) is 14.6. The number of amides is 1. The van der Waals surface area contributed by atoms with Crippen molar-refractivity contribution in [1.82, 2.24) is 14.9 Å². The van der Waals surface area contributed by atoms with Crippen LogP contribution in [0.5, 0.6) is 11.5 Å². The summed E-state index contributed by atoms with van der Waals surface area (Å²) in [5, 5.41) is 0.818. The number of likely N-dealkylation sites (N-methyl/N-ethyl adjacent to an activating group) is 1. The summed E-state index contributed by atoms with van der Waals surface area (Å²) in [5.74, 6) is 1.19. The first-order chi connectivity index (χ1) is 12.1. The number of aromatic nitrogens is 2. The summed E-state index contributed by atoms with van der Waals surface area (Å²) in [4.78, 5) is 21.7. The van der Waals surface area contributed by atoms with E-state index in [2.05, 4.69) is 9.97 Å². The van der Waals surface area contributed by atoms with Crippen molar-refractivity contribution >= 4 is 16.8 Å². The predicted molar refractivity (Wildman–Crippen MR) is 96.3 cm³/mol. The highest BCUT2D eigenvalue weighted by atomic mass is 16.5. The summed E-state index contributed by atoms with van der Waals surface area (Å²) in [7, 11) is 4.98. The third-order valence-corrected chi connectivity index (χ3v) is 4.25. The Hall–Kier alpha value is -3.02. The third-order valence-electron chi connectivity index (χ3n) is 4.25. The maximum Gasteiger partial charge on any atom is 0.255 e. The number of nitrogens with zero attached hydrogens (tertiary/aromatic N) is 2. The van der Waals surface area contributed by atoms with Crippen LogP contribution in [0.2, 0.25) is 0 Å². The van der Waals surface area contributed by atoms with E-state index in [0.717, 1.165) is 22.9 Å². The number of nitrogens with one attached hydrogen (secondary N) is 1. The largest absolute Gasteiger partial charge is 0.493 e. The number of carbonyl (C=O) groups excluding carboxylic acids is 1. The van der Waals surface area contributed by atoms with Crippen molar-refractivity contribution in [3.05, 3.63) is 54.0 Å². The highest BCUT2D eigenvalue weighted by Gasteiger charge is 2.18. The molecule has 6 heteroatoms. The average molecular weight is 339 g/mol. The van der Waals surface area contributed by atoms with Gasteiger partial charge in [0.2, 0.25) is 0 Å². The van der Waals surface area contributed by atoms with Crippen LogP contribution in [0.3, 0.4) is 0 Å². The lowest BCUT2D eigenvalue weighted by Gasteiger charge is -2.17. The fourth-order valence-electron chi connectivity index (χ4n) is 2.78. The van der Waals surface area contributed by atoms with Crippen LogP contribution in [0.25, 0.3) is 10.9 Å².